The van der Waals surface area contributed by atoms with Crippen LogP contribution in [0, 0.1) is 5.41 Å². The topological polar surface area (TPSA) is 90.9 Å². The van der Waals surface area contributed by atoms with Crippen molar-refractivity contribution in [1.29, 1.82) is 0 Å². The number of rotatable bonds is 4. The largest absolute Gasteiger partial charge is 0.392 e. The van der Waals surface area contributed by atoms with Crippen LogP contribution in [0.15, 0.2) is 43.0 Å². The van der Waals surface area contributed by atoms with Crippen LogP contribution in [-0.4, -0.2) is 25.8 Å². The number of hydrogen-bond acceptors (Lipinski definition) is 5. The first-order chi connectivity index (χ1) is 13.0. The van der Waals surface area contributed by atoms with Crippen molar-refractivity contribution in [2.45, 2.75) is 33.3 Å². The summed E-state index contributed by atoms with van der Waals surface area (Å²) in [5.74, 6) is 0.120. The van der Waals surface area contributed by atoms with E-state index >= 15 is 0 Å². The number of nitrogens with one attached hydrogen (secondary N) is 2. The lowest BCUT2D eigenvalue weighted by Gasteiger charge is -2.28. The van der Waals surface area contributed by atoms with E-state index in [1.54, 1.807) is 30.9 Å². The maximum Gasteiger partial charge on any atom is 0.167 e. The summed E-state index contributed by atoms with van der Waals surface area (Å²) in [5, 5.41) is 13.0. The van der Waals surface area contributed by atoms with Gasteiger partial charge in [-0.25, -0.2) is 0 Å². The number of pyridine rings is 2. The number of aliphatic hydroxyl groups excluding tert-OH is 1. The highest BCUT2D eigenvalue weighted by Gasteiger charge is 2.35. The molecule has 1 aliphatic rings. The van der Waals surface area contributed by atoms with E-state index in [1.807, 2.05) is 12.1 Å². The molecule has 3 N–H and O–H groups in total. The molecule has 27 heavy (non-hydrogen) atoms. The van der Waals surface area contributed by atoms with Crippen LogP contribution in [0.1, 0.15) is 41.9 Å². The Labute approximate surface area is 157 Å². The highest BCUT2D eigenvalue weighted by Crippen LogP contribution is 2.43. The number of fused-ring (bicyclic) bond motifs is 1. The van der Waals surface area contributed by atoms with Gasteiger partial charge in [-0.3, -0.25) is 14.8 Å². The van der Waals surface area contributed by atoms with Crippen LogP contribution >= 0.6 is 0 Å². The maximum atomic E-state index is 13.0. The lowest BCUT2D eigenvalue weighted by Crippen LogP contribution is -2.26. The van der Waals surface area contributed by atoms with Gasteiger partial charge in [-0.05, 0) is 30.0 Å². The van der Waals surface area contributed by atoms with Crippen molar-refractivity contribution in [2.24, 2.45) is 5.41 Å². The number of aromatic amines is 1. The third-order valence-electron chi connectivity index (χ3n) is 4.96. The normalized spacial score (nSPS) is 15.4. The van der Waals surface area contributed by atoms with Gasteiger partial charge in [0.25, 0.3) is 0 Å². The van der Waals surface area contributed by atoms with Crippen LogP contribution < -0.4 is 5.32 Å². The molecule has 0 aromatic carbocycles. The number of carbonyl (C=O) groups excluding carboxylic acids is 1. The first-order valence-corrected chi connectivity index (χ1v) is 8.98. The zero-order valence-corrected chi connectivity index (χ0v) is 15.4. The number of ketones is 1. The number of hydrogen-bond donors (Lipinski definition) is 3. The SMILES string of the molecule is CC1(C)CC(=O)c2c([nH]c(-c3ccncc3)c2Nc2cnccc2CO)C1. The highest BCUT2D eigenvalue weighted by molar-refractivity contribution is 6.07. The van der Waals surface area contributed by atoms with Gasteiger partial charge >= 0.3 is 0 Å². The molecule has 0 saturated carbocycles. The van der Waals surface area contributed by atoms with Crippen LogP contribution in [0.4, 0.5) is 11.4 Å². The molecule has 138 valence electrons. The minimum atomic E-state index is -0.108. The van der Waals surface area contributed by atoms with Gasteiger partial charge in [0, 0.05) is 41.8 Å². The predicted octanol–water partition coefficient (Wildman–Crippen LogP) is 3.86. The van der Waals surface area contributed by atoms with Gasteiger partial charge in [-0.2, -0.15) is 0 Å². The molecule has 0 fully saturated rings. The molecule has 0 amide bonds. The van der Waals surface area contributed by atoms with E-state index in [9.17, 15) is 9.90 Å². The van der Waals surface area contributed by atoms with Gasteiger partial charge in [0.1, 0.15) is 0 Å². The third kappa shape index (κ3) is 3.24. The first-order valence-electron chi connectivity index (χ1n) is 8.98. The Hall–Kier alpha value is -2.99. The third-order valence-corrected chi connectivity index (χ3v) is 4.96. The predicted molar refractivity (Wildman–Crippen MR) is 104 cm³/mol. The van der Waals surface area contributed by atoms with Gasteiger partial charge in [-0.1, -0.05) is 13.8 Å². The Balaban J connectivity index is 1.89. The Morgan fingerprint density at radius 2 is 1.89 bits per heavy atom. The summed E-state index contributed by atoms with van der Waals surface area (Å²) < 4.78 is 0. The fraction of sp³-hybridized carbons (Fsp3) is 0.286. The number of anilines is 2. The number of Topliss-reactive ketones (excluding diaryl/α,β-unsaturated/α-hetero) is 1. The minimum absolute atomic E-state index is 0.0771. The molecule has 0 aliphatic heterocycles. The van der Waals surface area contributed by atoms with Crippen LogP contribution in [0.5, 0.6) is 0 Å². The quantitative estimate of drug-likeness (QED) is 0.655. The Morgan fingerprint density at radius 3 is 2.63 bits per heavy atom. The molecule has 4 rings (SSSR count). The standard InChI is InChI=1S/C21H22N4O2/c1-21(2)9-15-18(17(27)10-21)20(19(24-15)13-3-6-22-7-4-13)25-16-11-23-8-5-14(16)12-26/h3-8,11,24-26H,9-10,12H2,1-2H3. The number of nitrogens with zero attached hydrogens (tertiary/aromatic N) is 2. The molecular weight excluding hydrogens is 340 g/mol. The van der Waals surface area contributed by atoms with E-state index in [2.05, 4.69) is 34.1 Å². The van der Waals surface area contributed by atoms with Crippen LogP contribution in [-0.2, 0) is 13.0 Å². The number of carbonyl (C=O) groups is 1. The fourth-order valence-corrected chi connectivity index (χ4v) is 3.72. The van der Waals surface area contributed by atoms with Gasteiger partial charge in [-0.15, -0.1) is 0 Å². The zero-order valence-electron chi connectivity index (χ0n) is 15.4. The molecule has 3 heterocycles. The molecule has 0 saturated heterocycles. The van der Waals surface area contributed by atoms with Crippen LogP contribution in [0.2, 0.25) is 0 Å². The molecule has 3 aromatic heterocycles. The van der Waals surface area contributed by atoms with Gasteiger partial charge in [0.2, 0.25) is 0 Å². The van der Waals surface area contributed by atoms with E-state index in [0.717, 1.165) is 34.6 Å². The minimum Gasteiger partial charge on any atom is -0.392 e. The molecule has 6 heteroatoms. The maximum absolute atomic E-state index is 13.0. The second-order valence-corrected chi connectivity index (χ2v) is 7.72. The fourth-order valence-electron chi connectivity index (χ4n) is 3.72. The summed E-state index contributed by atoms with van der Waals surface area (Å²) in [4.78, 5) is 24.7. The lowest BCUT2D eigenvalue weighted by atomic mass is 9.76. The van der Waals surface area contributed by atoms with E-state index in [4.69, 9.17) is 0 Å². The molecule has 0 bridgehead atoms. The smallest absolute Gasteiger partial charge is 0.167 e. The summed E-state index contributed by atoms with van der Waals surface area (Å²) in [7, 11) is 0. The van der Waals surface area contributed by atoms with Crippen molar-refractivity contribution in [3.8, 4) is 11.3 Å². The van der Waals surface area contributed by atoms with Gasteiger partial charge in [0.15, 0.2) is 5.78 Å². The summed E-state index contributed by atoms with van der Waals surface area (Å²) in [6.07, 6.45) is 8.07. The summed E-state index contributed by atoms with van der Waals surface area (Å²) in [5.41, 5.74) is 5.52. The van der Waals surface area contributed by atoms with Crippen LogP contribution in [0.3, 0.4) is 0 Å². The van der Waals surface area contributed by atoms with Crippen molar-refractivity contribution in [3.05, 3.63) is 59.8 Å². The Bertz CT molecular complexity index is 993. The van der Waals surface area contributed by atoms with Crippen molar-refractivity contribution in [3.63, 3.8) is 0 Å². The summed E-state index contributed by atoms with van der Waals surface area (Å²) in [6.45, 7) is 4.11. The van der Waals surface area contributed by atoms with Crippen molar-refractivity contribution < 1.29 is 9.90 Å². The van der Waals surface area contributed by atoms with E-state index in [0.29, 0.717) is 17.7 Å². The Morgan fingerprint density at radius 1 is 1.15 bits per heavy atom. The summed E-state index contributed by atoms with van der Waals surface area (Å²) in [6, 6.07) is 5.58. The second-order valence-electron chi connectivity index (χ2n) is 7.72. The molecule has 0 radical (unpaired) electrons. The first kappa shape index (κ1) is 17.4. The Kier molecular flexibility index (Phi) is 4.28. The number of H-pyrrole nitrogens is 1. The monoisotopic (exact) mass is 362 g/mol. The average molecular weight is 362 g/mol. The molecular formula is C21H22N4O2. The second kappa shape index (κ2) is 6.63. The van der Waals surface area contributed by atoms with Gasteiger partial charge < -0.3 is 15.4 Å². The molecule has 3 aromatic rings. The van der Waals surface area contributed by atoms with Crippen molar-refractivity contribution >= 4 is 17.2 Å². The average Bonchev–Trinajstić information content (AvgIpc) is 3.00. The zero-order chi connectivity index (χ0) is 19.0. The number of aliphatic hydroxyl groups is 1. The molecule has 0 unspecified atom stereocenters. The lowest BCUT2D eigenvalue weighted by molar-refractivity contribution is 0.0912. The van der Waals surface area contributed by atoms with Crippen LogP contribution in [0.25, 0.3) is 11.3 Å². The van der Waals surface area contributed by atoms with Crippen molar-refractivity contribution in [2.75, 3.05) is 5.32 Å². The van der Waals surface area contributed by atoms with E-state index in [-0.39, 0.29) is 17.8 Å². The molecule has 6 nitrogen and oxygen atoms in total. The highest BCUT2D eigenvalue weighted by atomic mass is 16.3. The van der Waals surface area contributed by atoms with Gasteiger partial charge in [0.05, 0.1) is 35.4 Å². The molecule has 1 aliphatic carbocycles. The van der Waals surface area contributed by atoms with Crippen molar-refractivity contribution in [1.82, 2.24) is 15.0 Å². The van der Waals surface area contributed by atoms with E-state index < -0.39 is 0 Å². The molecule has 0 spiro atoms. The summed E-state index contributed by atoms with van der Waals surface area (Å²) >= 11 is 0. The molecule has 0 atom stereocenters. The van der Waals surface area contributed by atoms with E-state index in [1.165, 1.54) is 0 Å². The number of aromatic nitrogens is 3.